The van der Waals surface area contributed by atoms with Crippen LogP contribution in [0.25, 0.3) is 0 Å². The van der Waals surface area contributed by atoms with Crippen LogP contribution in [-0.2, 0) is 47.9 Å². The van der Waals surface area contributed by atoms with Crippen molar-refractivity contribution in [2.24, 2.45) is 50.5 Å². The molecule has 1 saturated heterocycles. The van der Waals surface area contributed by atoms with Crippen LogP contribution in [0.5, 0.6) is 0 Å². The SMILES string of the molecule is CC[C@H](C)[C@H](NC(=O)[C@@H]1CCCN1C(=O)[C@@H](NC(=O)[C@@H](NC(=O)[C@H](CCCN=C(N)N)NC(=O)[C@H](C)N)[C@@H](C)O)[C@@H](C)CC)C(=O)N[C@H](C(=O)N[C@@H](CCCN=C(N)N)C(=O)N[C@@H](CCC(=O)O)C(=O)O)[C@@H](C)O. The Morgan fingerprint density at radius 1 is 0.568 bits per heavy atom. The first-order valence-corrected chi connectivity index (χ1v) is 24.7. The number of hydrogen-bond acceptors (Lipinski definition) is 15. The van der Waals surface area contributed by atoms with Gasteiger partial charge in [-0.1, -0.05) is 40.5 Å². The minimum absolute atomic E-state index is 0.0135. The second kappa shape index (κ2) is 32.3. The van der Waals surface area contributed by atoms with Crippen LogP contribution in [0, 0.1) is 11.8 Å². The number of likely N-dealkylation sites (tertiary alicyclic amines) is 1. The first-order valence-electron chi connectivity index (χ1n) is 24.7. The molecule has 13 atom stereocenters. The quantitative estimate of drug-likeness (QED) is 0.0166. The van der Waals surface area contributed by atoms with E-state index in [1.54, 1.807) is 27.7 Å². The van der Waals surface area contributed by atoms with E-state index in [-0.39, 0.29) is 63.7 Å². The predicted molar refractivity (Wildman–Crippen MR) is 268 cm³/mol. The monoisotopic (exact) mass is 1060 g/mol. The summed E-state index contributed by atoms with van der Waals surface area (Å²) in [6.07, 6.45) is -2.94. The number of carbonyl (C=O) groups excluding carboxylic acids is 8. The minimum Gasteiger partial charge on any atom is -0.481 e. The molecule has 1 fully saturated rings. The molecule has 0 aromatic rings. The van der Waals surface area contributed by atoms with Gasteiger partial charge in [0.15, 0.2) is 11.9 Å². The molecule has 0 radical (unpaired) electrons. The summed E-state index contributed by atoms with van der Waals surface area (Å²) < 4.78 is 0. The summed E-state index contributed by atoms with van der Waals surface area (Å²) in [7, 11) is 0. The van der Waals surface area contributed by atoms with Gasteiger partial charge in [-0.25, -0.2) is 4.79 Å². The summed E-state index contributed by atoms with van der Waals surface area (Å²) in [4.78, 5) is 142. The van der Waals surface area contributed by atoms with Gasteiger partial charge in [0.1, 0.15) is 48.3 Å². The summed E-state index contributed by atoms with van der Waals surface area (Å²) in [5.74, 6) is -11.4. The van der Waals surface area contributed by atoms with Crippen molar-refractivity contribution in [1.82, 2.24) is 42.1 Å². The predicted octanol–water partition coefficient (Wildman–Crippen LogP) is -5.37. The molecule has 0 aromatic heterocycles. The molecule has 1 rings (SSSR count). The number of nitrogens with zero attached hydrogens (tertiary/aromatic N) is 3. The summed E-state index contributed by atoms with van der Waals surface area (Å²) in [5.41, 5.74) is 27.2. The fraction of sp³-hybridized carbons (Fsp3) is 0.733. The number of aliphatic hydroxyl groups excluding tert-OH is 2. The number of aliphatic hydroxyl groups is 2. The molecular formula is C45H81N15O14. The molecule has 0 aromatic carbocycles. The third-order valence-electron chi connectivity index (χ3n) is 12.4. The Balaban J connectivity index is 3.41. The Bertz CT molecular complexity index is 2000. The standard InChI is InChI=1S/C45H81N15O14/c1-8-21(3)31(39(69)59-33(24(6)61)40(70)54-26(13-10-18-51-44(47)48)36(66)55-28(43(73)74)16-17-30(63)64)56-38(68)29-15-12-20-60(29)42(72)32(22(4)9-2)57-41(71)34(25(7)62)58-37(67)27(53-35(65)23(5)46)14-11-19-52-45(49)50/h21-29,31-34,61-62H,8-20,46H2,1-7H3,(H,53,65)(H,54,70)(H,55,66)(H,56,68)(H,57,71)(H,58,67)(H,59,69)(H,63,64)(H,73,74)(H4,47,48,51)(H4,49,50,52)/t21-,22-,23-,24+,25+,26-,27-,28-,29-,31-,32-,33-,34-/m0/s1. The highest BCUT2D eigenvalue weighted by Crippen LogP contribution is 2.23. The molecule has 8 amide bonds. The van der Waals surface area contributed by atoms with Crippen molar-refractivity contribution < 1.29 is 68.4 Å². The molecule has 0 bridgehead atoms. The summed E-state index contributed by atoms with van der Waals surface area (Å²) in [5, 5.41) is 57.5. The molecule has 0 spiro atoms. The van der Waals surface area contributed by atoms with Crippen LogP contribution in [0.3, 0.4) is 0 Å². The molecule has 1 heterocycles. The molecule has 0 aliphatic carbocycles. The molecular weight excluding hydrogens is 975 g/mol. The Hall–Kier alpha value is -6.88. The lowest BCUT2D eigenvalue weighted by atomic mass is 9.95. The summed E-state index contributed by atoms with van der Waals surface area (Å²) >= 11 is 0. The van der Waals surface area contributed by atoms with Crippen LogP contribution < -0.4 is 65.9 Å². The van der Waals surface area contributed by atoms with Gasteiger partial charge in [-0.2, -0.15) is 0 Å². The molecule has 21 N–H and O–H groups in total. The minimum atomic E-state index is -1.75. The highest BCUT2D eigenvalue weighted by atomic mass is 16.4. The van der Waals surface area contributed by atoms with Crippen LogP contribution in [0.2, 0.25) is 0 Å². The van der Waals surface area contributed by atoms with Gasteiger partial charge < -0.3 is 91.2 Å². The van der Waals surface area contributed by atoms with Gasteiger partial charge in [0.05, 0.1) is 18.2 Å². The fourth-order valence-corrected chi connectivity index (χ4v) is 7.57. The van der Waals surface area contributed by atoms with E-state index in [4.69, 9.17) is 33.8 Å². The Kier molecular flexibility index (Phi) is 28.5. The van der Waals surface area contributed by atoms with Crippen LogP contribution in [0.15, 0.2) is 9.98 Å². The first kappa shape index (κ1) is 65.1. The van der Waals surface area contributed by atoms with E-state index in [9.17, 15) is 63.3 Å². The highest BCUT2D eigenvalue weighted by Gasteiger charge is 2.43. The van der Waals surface area contributed by atoms with Crippen molar-refractivity contribution in [3.8, 4) is 0 Å². The van der Waals surface area contributed by atoms with Gasteiger partial charge in [-0.15, -0.1) is 0 Å². The number of rotatable bonds is 33. The van der Waals surface area contributed by atoms with Gasteiger partial charge in [0, 0.05) is 26.1 Å². The zero-order valence-electron chi connectivity index (χ0n) is 43.3. The maximum absolute atomic E-state index is 14.4. The van der Waals surface area contributed by atoms with Gasteiger partial charge >= 0.3 is 11.9 Å². The number of amides is 8. The van der Waals surface area contributed by atoms with Crippen molar-refractivity contribution in [2.45, 2.75) is 179 Å². The van der Waals surface area contributed by atoms with Crippen LogP contribution in [0.1, 0.15) is 113 Å². The molecule has 74 heavy (non-hydrogen) atoms. The number of carboxylic acids is 2. The molecule has 29 nitrogen and oxygen atoms in total. The fourth-order valence-electron chi connectivity index (χ4n) is 7.57. The zero-order chi connectivity index (χ0) is 56.6. The van der Waals surface area contributed by atoms with Crippen molar-refractivity contribution >= 4 is 71.1 Å². The maximum atomic E-state index is 14.4. The number of nitrogens with two attached hydrogens (primary N) is 5. The Morgan fingerprint density at radius 2 is 0.986 bits per heavy atom. The molecule has 0 saturated carbocycles. The largest absolute Gasteiger partial charge is 0.481 e. The van der Waals surface area contributed by atoms with Gasteiger partial charge in [0.2, 0.25) is 47.3 Å². The number of aliphatic carboxylic acids is 2. The molecule has 0 unspecified atom stereocenters. The lowest BCUT2D eigenvalue weighted by Gasteiger charge is -2.34. The van der Waals surface area contributed by atoms with Crippen LogP contribution in [0.4, 0.5) is 0 Å². The number of aliphatic imine (C=N–C) groups is 2. The lowest BCUT2D eigenvalue weighted by Crippen LogP contribution is -2.63. The number of nitrogens with one attached hydrogen (secondary N) is 7. The van der Waals surface area contributed by atoms with Gasteiger partial charge in [-0.05, 0) is 77.6 Å². The normalized spacial score (nSPS) is 18.0. The van der Waals surface area contributed by atoms with E-state index in [0.717, 1.165) is 0 Å². The van der Waals surface area contributed by atoms with E-state index >= 15 is 0 Å². The maximum Gasteiger partial charge on any atom is 0.326 e. The van der Waals surface area contributed by atoms with E-state index in [1.165, 1.54) is 25.7 Å². The first-order chi connectivity index (χ1) is 34.6. The van der Waals surface area contributed by atoms with Crippen molar-refractivity contribution in [1.29, 1.82) is 0 Å². The highest BCUT2D eigenvalue weighted by molar-refractivity contribution is 5.98. The number of carboxylic acid groups (broad SMARTS) is 2. The number of hydrogen-bond donors (Lipinski definition) is 16. The van der Waals surface area contributed by atoms with E-state index < -0.39 is 150 Å². The Morgan fingerprint density at radius 3 is 1.43 bits per heavy atom. The van der Waals surface area contributed by atoms with Gasteiger partial charge in [0.25, 0.3) is 0 Å². The topological polar surface area (TPSA) is 494 Å². The second-order valence-corrected chi connectivity index (χ2v) is 18.5. The second-order valence-electron chi connectivity index (χ2n) is 18.5. The molecule has 1 aliphatic rings. The molecule has 29 heteroatoms. The Labute approximate surface area is 430 Å². The van der Waals surface area contributed by atoms with Crippen molar-refractivity contribution in [3.63, 3.8) is 0 Å². The number of guanidine groups is 2. The van der Waals surface area contributed by atoms with Crippen LogP contribution >= 0.6 is 0 Å². The van der Waals surface area contributed by atoms with Gasteiger partial charge in [-0.3, -0.25) is 53.1 Å². The average molecular weight is 1060 g/mol. The average Bonchev–Trinajstić information content (AvgIpc) is 3.82. The van der Waals surface area contributed by atoms with Crippen molar-refractivity contribution in [2.75, 3.05) is 19.6 Å². The van der Waals surface area contributed by atoms with E-state index in [1.807, 2.05) is 0 Å². The van der Waals surface area contributed by atoms with E-state index in [0.29, 0.717) is 19.3 Å². The molecule has 420 valence electrons. The third kappa shape index (κ3) is 22.1. The lowest BCUT2D eigenvalue weighted by molar-refractivity contribution is -0.144. The summed E-state index contributed by atoms with van der Waals surface area (Å²) in [6.45, 7) is 10.8. The van der Waals surface area contributed by atoms with E-state index in [2.05, 4.69) is 47.2 Å². The third-order valence-corrected chi connectivity index (χ3v) is 12.4. The smallest absolute Gasteiger partial charge is 0.326 e. The van der Waals surface area contributed by atoms with Crippen molar-refractivity contribution in [3.05, 3.63) is 0 Å². The zero-order valence-corrected chi connectivity index (χ0v) is 43.3. The molecule has 1 aliphatic heterocycles. The number of carbonyl (C=O) groups is 10. The summed E-state index contributed by atoms with van der Waals surface area (Å²) in [6, 6.07) is -12.6. The van der Waals surface area contributed by atoms with Crippen LogP contribution in [-0.4, -0.2) is 183 Å².